The van der Waals surface area contributed by atoms with Crippen molar-refractivity contribution in [3.05, 3.63) is 46.5 Å². The maximum Gasteiger partial charge on any atom is 0.339 e. The molecule has 3 rings (SSSR count). The number of fused-ring (bicyclic) bond motifs is 3. The molecule has 0 spiro atoms. The summed E-state index contributed by atoms with van der Waals surface area (Å²) >= 11 is 0. The molecule has 9 nitrogen and oxygen atoms in total. The van der Waals surface area contributed by atoms with Crippen molar-refractivity contribution in [2.45, 2.75) is 91.7 Å². The van der Waals surface area contributed by atoms with Crippen LogP contribution in [0.3, 0.4) is 0 Å². The first-order valence-electron chi connectivity index (χ1n) is 13.7. The van der Waals surface area contributed by atoms with Crippen molar-refractivity contribution in [3.63, 3.8) is 0 Å². The third kappa shape index (κ3) is 6.81. The van der Waals surface area contributed by atoms with Gasteiger partial charge in [-0.1, -0.05) is 57.4 Å². The van der Waals surface area contributed by atoms with E-state index in [1.54, 1.807) is 19.9 Å². The molecule has 1 unspecified atom stereocenters. The van der Waals surface area contributed by atoms with Gasteiger partial charge in [-0.05, 0) is 56.7 Å². The van der Waals surface area contributed by atoms with Crippen LogP contribution in [0.2, 0.25) is 0 Å². The first kappa shape index (κ1) is 30.7. The summed E-state index contributed by atoms with van der Waals surface area (Å²) in [6, 6.07) is 6.41. The molecule has 0 bridgehead atoms. The second kappa shape index (κ2) is 12.5. The molecule has 1 atom stereocenters. The van der Waals surface area contributed by atoms with Crippen LogP contribution in [0.5, 0.6) is 11.5 Å². The number of amides is 1. The van der Waals surface area contributed by atoms with Gasteiger partial charge in [-0.25, -0.2) is 9.59 Å². The fourth-order valence-electron chi connectivity index (χ4n) is 4.97. The third-order valence-corrected chi connectivity index (χ3v) is 7.05. The Morgan fingerprint density at radius 1 is 1.05 bits per heavy atom. The lowest BCUT2D eigenvalue weighted by Crippen LogP contribution is -2.46. The number of rotatable bonds is 12. The van der Waals surface area contributed by atoms with Gasteiger partial charge in [-0.2, -0.15) is 0 Å². The highest BCUT2D eigenvalue weighted by atomic mass is 16.5. The number of aliphatic carboxylic acids is 1. The van der Waals surface area contributed by atoms with Crippen molar-refractivity contribution in [1.82, 2.24) is 5.32 Å². The number of nitrogens with one attached hydrogen (secondary N) is 1. The van der Waals surface area contributed by atoms with Gasteiger partial charge in [-0.15, -0.1) is 0 Å². The molecular formula is C31H39NO8. The lowest BCUT2D eigenvalue weighted by molar-refractivity contribution is -0.141. The van der Waals surface area contributed by atoms with E-state index >= 15 is 0 Å². The number of carbonyl (C=O) groups excluding carboxylic acids is 2. The van der Waals surface area contributed by atoms with Crippen molar-refractivity contribution in [2.24, 2.45) is 5.92 Å². The van der Waals surface area contributed by atoms with E-state index in [9.17, 15) is 24.3 Å². The van der Waals surface area contributed by atoms with Gasteiger partial charge < -0.3 is 25.0 Å². The van der Waals surface area contributed by atoms with E-state index in [1.807, 2.05) is 39.0 Å². The minimum atomic E-state index is -1.23. The normalized spacial score (nSPS) is 14.0. The number of hydrogen-bond acceptors (Lipinski definition) is 6. The minimum absolute atomic E-state index is 0.112. The summed E-state index contributed by atoms with van der Waals surface area (Å²) in [5, 5.41) is 21.8. The van der Waals surface area contributed by atoms with Gasteiger partial charge in [0, 0.05) is 12.0 Å². The highest BCUT2D eigenvalue weighted by molar-refractivity contribution is 6.00. The molecule has 1 aliphatic heterocycles. The Labute approximate surface area is 234 Å². The molecule has 216 valence electrons. The summed E-state index contributed by atoms with van der Waals surface area (Å²) in [5.74, 6) is -3.92. The van der Waals surface area contributed by atoms with Crippen LogP contribution in [0.15, 0.2) is 24.3 Å². The van der Waals surface area contributed by atoms with E-state index in [0.717, 1.165) is 30.4 Å². The zero-order chi connectivity index (χ0) is 29.8. The molecule has 0 saturated heterocycles. The van der Waals surface area contributed by atoms with Gasteiger partial charge in [0.15, 0.2) is 5.75 Å². The molecule has 9 heteroatoms. The Bertz CT molecular complexity index is 1310. The third-order valence-electron chi connectivity index (χ3n) is 7.05. The number of hydrogen-bond donors (Lipinski definition) is 3. The van der Waals surface area contributed by atoms with Gasteiger partial charge in [0.1, 0.15) is 23.0 Å². The molecule has 0 saturated carbocycles. The number of esters is 1. The summed E-state index contributed by atoms with van der Waals surface area (Å²) in [4.78, 5) is 49.6. The number of aromatic carboxylic acids is 1. The molecule has 1 amide bonds. The summed E-state index contributed by atoms with van der Waals surface area (Å²) in [7, 11) is 0. The van der Waals surface area contributed by atoms with Crippen LogP contribution in [-0.4, -0.2) is 40.1 Å². The number of unbranched alkanes of at least 4 members (excludes halogenated alkanes) is 2. The molecule has 2 aromatic carbocycles. The van der Waals surface area contributed by atoms with Crippen molar-refractivity contribution >= 4 is 23.8 Å². The smallest absolute Gasteiger partial charge is 0.339 e. The van der Waals surface area contributed by atoms with E-state index in [-0.39, 0.29) is 24.2 Å². The van der Waals surface area contributed by atoms with Gasteiger partial charge in [0.05, 0.1) is 12.0 Å². The lowest BCUT2D eigenvalue weighted by Gasteiger charge is -2.36. The van der Waals surface area contributed by atoms with Gasteiger partial charge in [-0.3, -0.25) is 9.59 Å². The van der Waals surface area contributed by atoms with Crippen LogP contribution in [0.1, 0.15) is 93.8 Å². The number of aryl methyl sites for hydroxylation is 2. The maximum atomic E-state index is 13.6. The van der Waals surface area contributed by atoms with Crippen LogP contribution in [-0.2, 0) is 26.4 Å². The first-order valence-corrected chi connectivity index (χ1v) is 13.7. The highest BCUT2D eigenvalue weighted by Crippen LogP contribution is 2.52. The zero-order valence-electron chi connectivity index (χ0n) is 24.1. The van der Waals surface area contributed by atoms with Crippen molar-refractivity contribution in [2.75, 3.05) is 0 Å². The van der Waals surface area contributed by atoms with Gasteiger partial charge in [0.2, 0.25) is 5.91 Å². The monoisotopic (exact) mass is 553 g/mol. The number of carboxylic acids is 2. The highest BCUT2D eigenvalue weighted by Gasteiger charge is 2.38. The second-order valence-corrected chi connectivity index (χ2v) is 11.1. The maximum absolute atomic E-state index is 13.6. The average molecular weight is 554 g/mol. The van der Waals surface area contributed by atoms with Gasteiger partial charge in [0.25, 0.3) is 0 Å². The largest absolute Gasteiger partial charge is 0.482 e. The molecule has 0 fully saturated rings. The van der Waals surface area contributed by atoms with E-state index < -0.39 is 41.4 Å². The quantitative estimate of drug-likeness (QED) is 0.175. The van der Waals surface area contributed by atoms with E-state index in [4.69, 9.17) is 14.6 Å². The van der Waals surface area contributed by atoms with Crippen LogP contribution in [0, 0.1) is 12.8 Å². The van der Waals surface area contributed by atoms with Crippen LogP contribution in [0.25, 0.3) is 11.1 Å². The van der Waals surface area contributed by atoms with Gasteiger partial charge >= 0.3 is 17.9 Å². The Morgan fingerprint density at radius 2 is 1.75 bits per heavy atom. The number of benzene rings is 2. The first-order chi connectivity index (χ1) is 18.8. The van der Waals surface area contributed by atoms with E-state index in [2.05, 4.69) is 12.2 Å². The molecule has 0 aliphatic carbocycles. The Balaban J connectivity index is 2.18. The van der Waals surface area contributed by atoms with Crippen LogP contribution >= 0.6 is 0 Å². The van der Waals surface area contributed by atoms with E-state index in [1.165, 1.54) is 0 Å². The Hall–Kier alpha value is -3.88. The fraction of sp³-hybridized carbons (Fsp3) is 0.484. The number of carboxylic acid groups (broad SMARTS) is 2. The fourth-order valence-corrected chi connectivity index (χ4v) is 4.97. The molecule has 0 aromatic heterocycles. The Morgan fingerprint density at radius 3 is 2.35 bits per heavy atom. The SMILES string of the molecule is CCCCCc1cc2c(c(OC(=O)C(NC(=O)CCC(=O)O)C(C)C)c1C(=O)O)-c1cc(C)ccc1C(C)(C)O2. The summed E-state index contributed by atoms with van der Waals surface area (Å²) in [5.41, 5.74) is 2.52. The predicted octanol–water partition coefficient (Wildman–Crippen LogP) is 5.63. The molecule has 3 N–H and O–H groups in total. The number of carbonyl (C=O) groups is 4. The zero-order valence-corrected chi connectivity index (χ0v) is 24.1. The van der Waals surface area contributed by atoms with E-state index in [0.29, 0.717) is 28.9 Å². The summed E-state index contributed by atoms with van der Waals surface area (Å²) in [6.45, 7) is 11.3. The predicted molar refractivity (Wildman–Crippen MR) is 150 cm³/mol. The molecule has 40 heavy (non-hydrogen) atoms. The Kier molecular flexibility index (Phi) is 9.60. The van der Waals surface area contributed by atoms with Crippen molar-refractivity contribution in [3.8, 4) is 22.6 Å². The molecule has 1 heterocycles. The standard InChI is InChI=1S/C31H39NO8/c1-7-8-9-10-19-16-22-26(20-15-18(4)11-12-21(20)31(5,6)40-22)28(25(19)29(36)37)39-30(38)27(17(2)3)32-23(33)13-14-24(34)35/h11-12,15-17,27H,7-10,13-14H2,1-6H3,(H,32,33)(H,34,35)(H,36,37). The van der Waals surface area contributed by atoms with Crippen molar-refractivity contribution < 1.29 is 38.9 Å². The summed E-state index contributed by atoms with van der Waals surface area (Å²) < 4.78 is 12.3. The van der Waals surface area contributed by atoms with Crippen LogP contribution < -0.4 is 14.8 Å². The topological polar surface area (TPSA) is 139 Å². The second-order valence-electron chi connectivity index (χ2n) is 11.1. The molecule has 2 aromatic rings. The average Bonchev–Trinajstić information content (AvgIpc) is 2.84. The lowest BCUT2D eigenvalue weighted by atomic mass is 9.83. The minimum Gasteiger partial charge on any atom is -0.482 e. The van der Waals surface area contributed by atoms with Crippen molar-refractivity contribution in [1.29, 1.82) is 0 Å². The number of ether oxygens (including phenoxy) is 2. The molecule has 1 aliphatic rings. The summed E-state index contributed by atoms with van der Waals surface area (Å²) in [6.07, 6.45) is 2.36. The molecule has 0 radical (unpaired) electrons. The van der Waals surface area contributed by atoms with Crippen LogP contribution in [0.4, 0.5) is 0 Å². The molecular weight excluding hydrogens is 514 g/mol.